The second-order valence-electron chi connectivity index (χ2n) is 7.03. The van der Waals surface area contributed by atoms with E-state index in [1.54, 1.807) is 24.3 Å². The van der Waals surface area contributed by atoms with Crippen molar-refractivity contribution in [2.75, 3.05) is 33.7 Å². The van der Waals surface area contributed by atoms with E-state index in [2.05, 4.69) is 10.6 Å². The van der Waals surface area contributed by atoms with E-state index in [0.717, 1.165) is 17.7 Å². The number of hydrogen-bond donors (Lipinski definition) is 2. The molecule has 0 heterocycles. The van der Waals surface area contributed by atoms with Gasteiger partial charge in [-0.05, 0) is 49.5 Å². The zero-order valence-electron chi connectivity index (χ0n) is 16.9. The number of rotatable bonds is 9. The highest BCUT2D eigenvalue weighted by Crippen LogP contribution is 2.11. The molecule has 0 saturated carbocycles. The highest BCUT2D eigenvalue weighted by atomic mass is 35.5. The largest absolute Gasteiger partial charge is 0.336 e. The van der Waals surface area contributed by atoms with Crippen LogP contribution in [0.4, 0.5) is 13.6 Å². The van der Waals surface area contributed by atoms with Crippen LogP contribution in [0.25, 0.3) is 0 Å². The van der Waals surface area contributed by atoms with Gasteiger partial charge in [-0.25, -0.2) is 13.6 Å². The van der Waals surface area contributed by atoms with Gasteiger partial charge in [-0.1, -0.05) is 29.8 Å². The van der Waals surface area contributed by atoms with Crippen molar-refractivity contribution in [1.29, 1.82) is 0 Å². The molecular formula is C21H25ClF2N4O2. The van der Waals surface area contributed by atoms with Crippen LogP contribution in [0.3, 0.4) is 0 Å². The number of carbonyl (C=O) groups excluding carboxylic acids is 2. The van der Waals surface area contributed by atoms with E-state index in [1.807, 2.05) is 19.0 Å². The topological polar surface area (TPSA) is 64.7 Å². The van der Waals surface area contributed by atoms with Crippen LogP contribution in [0.15, 0.2) is 42.5 Å². The molecule has 162 valence electrons. The van der Waals surface area contributed by atoms with Crippen LogP contribution >= 0.6 is 11.6 Å². The number of urea groups is 1. The highest BCUT2D eigenvalue weighted by Gasteiger charge is 2.16. The normalized spacial score (nSPS) is 10.7. The van der Waals surface area contributed by atoms with E-state index >= 15 is 0 Å². The average Bonchev–Trinajstić information content (AvgIpc) is 2.71. The van der Waals surface area contributed by atoms with E-state index in [-0.39, 0.29) is 25.5 Å². The van der Waals surface area contributed by atoms with Crippen molar-refractivity contribution in [3.05, 3.63) is 70.2 Å². The maximum atomic E-state index is 13.5. The third-order valence-electron chi connectivity index (χ3n) is 4.29. The van der Waals surface area contributed by atoms with Crippen molar-refractivity contribution in [3.63, 3.8) is 0 Å². The maximum Gasteiger partial charge on any atom is 0.315 e. The molecule has 9 heteroatoms. The van der Waals surface area contributed by atoms with Crippen LogP contribution in [0.1, 0.15) is 11.1 Å². The Kier molecular flexibility index (Phi) is 9.01. The Labute approximate surface area is 179 Å². The van der Waals surface area contributed by atoms with Gasteiger partial charge in [0, 0.05) is 31.2 Å². The first-order chi connectivity index (χ1) is 14.2. The van der Waals surface area contributed by atoms with Crippen LogP contribution in [0.2, 0.25) is 5.02 Å². The molecule has 0 atom stereocenters. The van der Waals surface area contributed by atoms with Gasteiger partial charge in [-0.15, -0.1) is 0 Å². The van der Waals surface area contributed by atoms with Gasteiger partial charge in [0.05, 0.1) is 6.54 Å². The Morgan fingerprint density at radius 1 is 0.933 bits per heavy atom. The minimum Gasteiger partial charge on any atom is -0.336 e. The summed E-state index contributed by atoms with van der Waals surface area (Å²) in [6, 6.07) is 10.1. The predicted molar refractivity (Wildman–Crippen MR) is 112 cm³/mol. The highest BCUT2D eigenvalue weighted by molar-refractivity contribution is 6.30. The Morgan fingerprint density at radius 3 is 2.23 bits per heavy atom. The number of likely N-dealkylation sites (N-methyl/N-ethyl adjacent to an activating group) is 1. The Morgan fingerprint density at radius 2 is 1.60 bits per heavy atom. The van der Waals surface area contributed by atoms with Gasteiger partial charge in [0.15, 0.2) is 11.6 Å². The molecule has 0 aliphatic heterocycles. The molecule has 0 fully saturated rings. The molecule has 2 aromatic carbocycles. The minimum atomic E-state index is -0.966. The maximum absolute atomic E-state index is 13.5. The number of nitrogens with zero attached hydrogens (tertiary/aromatic N) is 2. The second kappa shape index (κ2) is 11.5. The molecule has 6 nitrogen and oxygen atoms in total. The molecule has 0 radical (unpaired) electrons. The van der Waals surface area contributed by atoms with Crippen molar-refractivity contribution in [2.45, 2.75) is 13.1 Å². The summed E-state index contributed by atoms with van der Waals surface area (Å²) in [5, 5.41) is 5.79. The van der Waals surface area contributed by atoms with Crippen molar-refractivity contribution in [2.24, 2.45) is 0 Å². The van der Waals surface area contributed by atoms with E-state index in [4.69, 9.17) is 11.6 Å². The van der Waals surface area contributed by atoms with Gasteiger partial charge in [0.1, 0.15) is 0 Å². The summed E-state index contributed by atoms with van der Waals surface area (Å²) in [5.74, 6) is -2.24. The summed E-state index contributed by atoms with van der Waals surface area (Å²) in [6.07, 6.45) is 0. The number of benzene rings is 2. The summed E-state index contributed by atoms with van der Waals surface area (Å²) >= 11 is 5.82. The van der Waals surface area contributed by atoms with Gasteiger partial charge in [0.2, 0.25) is 5.91 Å². The molecule has 0 aromatic heterocycles. The molecule has 0 saturated heterocycles. The van der Waals surface area contributed by atoms with Crippen LogP contribution in [-0.2, 0) is 17.9 Å². The third-order valence-corrected chi connectivity index (χ3v) is 4.55. The molecule has 2 N–H and O–H groups in total. The average molecular weight is 439 g/mol. The fourth-order valence-electron chi connectivity index (χ4n) is 2.59. The summed E-state index contributed by atoms with van der Waals surface area (Å²) in [6.45, 7) is 1.13. The molecule has 0 aliphatic carbocycles. The molecule has 3 amide bonds. The van der Waals surface area contributed by atoms with E-state index in [1.165, 1.54) is 11.0 Å². The Hall–Kier alpha value is -2.71. The van der Waals surface area contributed by atoms with E-state index < -0.39 is 17.7 Å². The van der Waals surface area contributed by atoms with Crippen molar-refractivity contribution >= 4 is 23.5 Å². The third kappa shape index (κ3) is 7.96. The zero-order chi connectivity index (χ0) is 22.1. The summed E-state index contributed by atoms with van der Waals surface area (Å²) in [4.78, 5) is 28.0. The predicted octanol–water partition coefficient (Wildman–Crippen LogP) is 3.01. The fourth-order valence-corrected chi connectivity index (χ4v) is 2.71. The summed E-state index contributed by atoms with van der Waals surface area (Å²) < 4.78 is 26.6. The quantitative estimate of drug-likeness (QED) is 0.632. The number of hydrogen-bond acceptors (Lipinski definition) is 3. The summed E-state index contributed by atoms with van der Waals surface area (Å²) in [5.41, 5.74) is 1.33. The van der Waals surface area contributed by atoms with E-state index in [0.29, 0.717) is 23.7 Å². The van der Waals surface area contributed by atoms with Crippen molar-refractivity contribution < 1.29 is 18.4 Å². The lowest BCUT2D eigenvalue weighted by atomic mass is 10.2. The number of carbonyl (C=O) groups is 2. The molecule has 2 aromatic rings. The lowest BCUT2D eigenvalue weighted by Gasteiger charge is -2.25. The van der Waals surface area contributed by atoms with Crippen LogP contribution < -0.4 is 10.6 Å². The second-order valence-corrected chi connectivity index (χ2v) is 7.47. The first-order valence-electron chi connectivity index (χ1n) is 9.37. The number of halogens is 3. The number of amides is 3. The van der Waals surface area contributed by atoms with Crippen LogP contribution in [0.5, 0.6) is 0 Å². The van der Waals surface area contributed by atoms with Gasteiger partial charge in [-0.2, -0.15) is 0 Å². The molecule has 0 aliphatic rings. The lowest BCUT2D eigenvalue weighted by Crippen LogP contribution is -2.45. The first kappa shape index (κ1) is 23.6. The van der Waals surface area contributed by atoms with Gasteiger partial charge in [0.25, 0.3) is 0 Å². The van der Waals surface area contributed by atoms with Crippen molar-refractivity contribution in [3.8, 4) is 0 Å². The number of nitrogens with one attached hydrogen (secondary N) is 2. The molecule has 0 spiro atoms. The van der Waals surface area contributed by atoms with Gasteiger partial charge < -0.3 is 20.4 Å². The molecule has 30 heavy (non-hydrogen) atoms. The molecule has 0 bridgehead atoms. The first-order valence-corrected chi connectivity index (χ1v) is 9.75. The van der Waals surface area contributed by atoms with Crippen LogP contribution in [0, 0.1) is 11.6 Å². The fraction of sp³-hybridized carbons (Fsp3) is 0.333. The van der Waals surface area contributed by atoms with Crippen molar-refractivity contribution in [1.82, 2.24) is 20.4 Å². The minimum absolute atomic E-state index is 0.109. The van der Waals surface area contributed by atoms with Gasteiger partial charge >= 0.3 is 6.03 Å². The van der Waals surface area contributed by atoms with Crippen LogP contribution in [-0.4, -0.2) is 55.5 Å². The smallest absolute Gasteiger partial charge is 0.315 e. The summed E-state index contributed by atoms with van der Waals surface area (Å²) in [7, 11) is 3.73. The molecule has 0 unspecified atom stereocenters. The molecular weight excluding hydrogens is 414 g/mol. The lowest BCUT2D eigenvalue weighted by molar-refractivity contribution is -0.130. The standard InChI is InChI=1S/C21H25ClF2N4O2/c1-27(2)9-10-28(14-16-5-8-18(23)19(24)11-16)20(29)13-26-21(30)25-12-15-3-6-17(22)7-4-15/h3-8,11H,9-10,12-14H2,1-2H3,(H2,25,26,30). The molecule has 2 rings (SSSR count). The monoisotopic (exact) mass is 438 g/mol. The van der Waals surface area contributed by atoms with E-state index in [9.17, 15) is 18.4 Å². The van der Waals surface area contributed by atoms with Gasteiger partial charge in [-0.3, -0.25) is 4.79 Å². The zero-order valence-corrected chi connectivity index (χ0v) is 17.7. The SMILES string of the molecule is CN(C)CCN(Cc1ccc(F)c(F)c1)C(=O)CNC(=O)NCc1ccc(Cl)cc1. The Bertz CT molecular complexity index is 863. The Balaban J connectivity index is 1.89.